The molecule has 0 saturated carbocycles. The molecule has 4 heterocycles. The fourth-order valence-electron chi connectivity index (χ4n) is 2.75. The maximum atomic E-state index is 12.7. The van der Waals surface area contributed by atoms with E-state index in [1.807, 2.05) is 40.9 Å². The zero-order valence-electron chi connectivity index (χ0n) is 13.9. The van der Waals surface area contributed by atoms with E-state index in [1.54, 1.807) is 31.0 Å². The van der Waals surface area contributed by atoms with Crippen molar-refractivity contribution in [1.29, 1.82) is 0 Å². The Bertz CT molecular complexity index is 1030. The summed E-state index contributed by atoms with van der Waals surface area (Å²) < 4.78 is 1.93. The maximum absolute atomic E-state index is 12.7. The van der Waals surface area contributed by atoms with Gasteiger partial charge in [-0.05, 0) is 23.8 Å². The molecule has 0 aromatic carbocycles. The molecule has 7 nitrogen and oxygen atoms in total. The first kappa shape index (κ1) is 15.9. The van der Waals surface area contributed by atoms with E-state index in [-0.39, 0.29) is 5.91 Å². The third-order valence-corrected chi connectivity index (χ3v) is 3.97. The van der Waals surface area contributed by atoms with Crippen molar-refractivity contribution in [1.82, 2.24) is 29.7 Å². The number of imidazole rings is 1. The quantitative estimate of drug-likeness (QED) is 0.599. The largest absolute Gasteiger partial charge is 0.345 e. The lowest BCUT2D eigenvalue weighted by Crippen LogP contribution is -2.24. The van der Waals surface area contributed by atoms with Crippen LogP contribution in [0, 0.1) is 0 Å². The SMILES string of the molecule is O=C(NCc1cnccn1)c1nc(Cc2cccnc2)n2ccccc12. The topological polar surface area (TPSA) is 85.1 Å². The lowest BCUT2D eigenvalue weighted by Gasteiger charge is -2.02. The minimum absolute atomic E-state index is 0.239. The molecule has 1 N–H and O–H groups in total. The Balaban J connectivity index is 1.61. The van der Waals surface area contributed by atoms with E-state index in [1.165, 1.54) is 0 Å². The first-order chi connectivity index (χ1) is 12.8. The molecule has 0 aliphatic rings. The molecule has 128 valence electrons. The van der Waals surface area contributed by atoms with Crippen LogP contribution in [0.5, 0.6) is 0 Å². The maximum Gasteiger partial charge on any atom is 0.272 e. The third-order valence-electron chi connectivity index (χ3n) is 3.97. The van der Waals surface area contributed by atoms with Crippen molar-refractivity contribution in [3.05, 3.63) is 90.3 Å². The molecule has 0 aliphatic heterocycles. The van der Waals surface area contributed by atoms with Crippen LogP contribution in [0.2, 0.25) is 0 Å². The van der Waals surface area contributed by atoms with Gasteiger partial charge in [0.1, 0.15) is 5.82 Å². The molecule has 0 aliphatic carbocycles. The van der Waals surface area contributed by atoms with Crippen LogP contribution in [0.25, 0.3) is 5.52 Å². The van der Waals surface area contributed by atoms with Gasteiger partial charge in [-0.1, -0.05) is 12.1 Å². The van der Waals surface area contributed by atoms with Gasteiger partial charge in [-0.2, -0.15) is 0 Å². The van der Waals surface area contributed by atoms with Crippen molar-refractivity contribution in [2.45, 2.75) is 13.0 Å². The minimum Gasteiger partial charge on any atom is -0.345 e. The van der Waals surface area contributed by atoms with Gasteiger partial charge in [0.25, 0.3) is 5.91 Å². The fourth-order valence-corrected chi connectivity index (χ4v) is 2.75. The molecule has 1 amide bonds. The van der Waals surface area contributed by atoms with Crippen molar-refractivity contribution in [2.75, 3.05) is 0 Å². The van der Waals surface area contributed by atoms with Gasteiger partial charge < -0.3 is 9.72 Å². The van der Waals surface area contributed by atoms with Crippen LogP contribution in [0.1, 0.15) is 27.6 Å². The molecule has 4 aromatic rings. The summed E-state index contributed by atoms with van der Waals surface area (Å²) in [6, 6.07) is 9.58. The van der Waals surface area contributed by atoms with Crippen LogP contribution in [0.15, 0.2) is 67.5 Å². The Hall–Kier alpha value is -3.61. The summed E-state index contributed by atoms with van der Waals surface area (Å²) >= 11 is 0. The highest BCUT2D eigenvalue weighted by molar-refractivity contribution is 5.99. The van der Waals surface area contributed by atoms with Gasteiger partial charge in [0.2, 0.25) is 0 Å². The van der Waals surface area contributed by atoms with Gasteiger partial charge in [0.05, 0.1) is 24.0 Å². The zero-order chi connectivity index (χ0) is 17.8. The van der Waals surface area contributed by atoms with E-state index in [0.717, 1.165) is 16.9 Å². The molecule has 0 saturated heterocycles. The van der Waals surface area contributed by atoms with Gasteiger partial charge in [0, 0.05) is 37.4 Å². The van der Waals surface area contributed by atoms with Gasteiger partial charge in [-0.15, -0.1) is 0 Å². The van der Waals surface area contributed by atoms with Crippen molar-refractivity contribution in [3.63, 3.8) is 0 Å². The number of carbonyl (C=O) groups excluding carboxylic acids is 1. The summed E-state index contributed by atoms with van der Waals surface area (Å²) in [4.78, 5) is 29.5. The highest BCUT2D eigenvalue weighted by Gasteiger charge is 2.17. The molecule has 0 bridgehead atoms. The number of aromatic nitrogens is 5. The highest BCUT2D eigenvalue weighted by atomic mass is 16.1. The van der Waals surface area contributed by atoms with Crippen molar-refractivity contribution in [3.8, 4) is 0 Å². The normalized spacial score (nSPS) is 10.8. The number of carbonyl (C=O) groups is 1. The Morgan fingerprint density at radius 1 is 1.04 bits per heavy atom. The molecular formula is C19H16N6O. The van der Waals surface area contributed by atoms with E-state index in [9.17, 15) is 4.79 Å². The summed E-state index contributed by atoms with van der Waals surface area (Å²) in [5.41, 5.74) is 2.89. The second-order valence-electron chi connectivity index (χ2n) is 5.75. The molecule has 0 fully saturated rings. The van der Waals surface area contributed by atoms with E-state index < -0.39 is 0 Å². The summed E-state index contributed by atoms with van der Waals surface area (Å²) in [6.45, 7) is 0.302. The van der Waals surface area contributed by atoms with E-state index in [2.05, 4.69) is 25.3 Å². The molecule has 0 spiro atoms. The average molecular weight is 344 g/mol. The van der Waals surface area contributed by atoms with Crippen LogP contribution in [0.3, 0.4) is 0 Å². The Labute approximate surface area is 149 Å². The lowest BCUT2D eigenvalue weighted by atomic mass is 10.2. The van der Waals surface area contributed by atoms with Gasteiger partial charge in [-0.3, -0.25) is 19.7 Å². The summed E-state index contributed by atoms with van der Waals surface area (Å²) in [5.74, 6) is 0.551. The molecule has 26 heavy (non-hydrogen) atoms. The standard InChI is InChI=1S/C19H16N6O/c26-19(23-13-15-12-21-7-8-22-15)18-16-5-1-2-9-25(16)17(24-18)10-14-4-3-6-20-11-14/h1-9,11-12H,10,13H2,(H,23,26). The smallest absolute Gasteiger partial charge is 0.272 e. The second-order valence-corrected chi connectivity index (χ2v) is 5.75. The Kier molecular flexibility index (Phi) is 4.34. The van der Waals surface area contributed by atoms with Crippen LogP contribution in [-0.4, -0.2) is 30.2 Å². The predicted molar refractivity (Wildman–Crippen MR) is 95.4 cm³/mol. The number of nitrogens with zero attached hydrogens (tertiary/aromatic N) is 5. The number of pyridine rings is 2. The summed E-state index contributed by atoms with van der Waals surface area (Å²) in [7, 11) is 0. The van der Waals surface area contributed by atoms with Crippen LogP contribution in [0.4, 0.5) is 0 Å². The van der Waals surface area contributed by atoms with Crippen molar-refractivity contribution < 1.29 is 4.79 Å². The lowest BCUT2D eigenvalue weighted by molar-refractivity contribution is 0.0947. The predicted octanol–water partition coefficient (Wildman–Crippen LogP) is 2.04. The number of nitrogens with one attached hydrogen (secondary N) is 1. The minimum atomic E-state index is -0.239. The first-order valence-electron chi connectivity index (χ1n) is 8.19. The molecule has 0 atom stereocenters. The number of amides is 1. The fraction of sp³-hybridized carbons (Fsp3) is 0.105. The number of fused-ring (bicyclic) bond motifs is 1. The molecule has 7 heteroatoms. The Morgan fingerprint density at radius 2 is 1.96 bits per heavy atom. The highest BCUT2D eigenvalue weighted by Crippen LogP contribution is 2.16. The average Bonchev–Trinajstić information content (AvgIpc) is 3.06. The van der Waals surface area contributed by atoms with Crippen molar-refractivity contribution in [2.24, 2.45) is 0 Å². The number of hydrogen-bond donors (Lipinski definition) is 1. The van der Waals surface area contributed by atoms with Gasteiger partial charge in [-0.25, -0.2) is 4.98 Å². The molecule has 4 aromatic heterocycles. The molecule has 0 unspecified atom stereocenters. The molecular weight excluding hydrogens is 328 g/mol. The van der Waals surface area contributed by atoms with Gasteiger partial charge in [0.15, 0.2) is 5.69 Å². The van der Waals surface area contributed by atoms with Gasteiger partial charge >= 0.3 is 0 Å². The number of hydrogen-bond acceptors (Lipinski definition) is 5. The zero-order valence-corrected chi connectivity index (χ0v) is 13.9. The molecule has 4 rings (SSSR count). The van der Waals surface area contributed by atoms with E-state index in [4.69, 9.17) is 0 Å². The summed E-state index contributed by atoms with van der Waals surface area (Å²) in [5, 5.41) is 2.85. The monoisotopic (exact) mass is 344 g/mol. The van der Waals surface area contributed by atoms with Crippen LogP contribution in [-0.2, 0) is 13.0 Å². The second kappa shape index (κ2) is 7.10. The van der Waals surface area contributed by atoms with Crippen molar-refractivity contribution >= 4 is 11.4 Å². The number of rotatable bonds is 5. The van der Waals surface area contributed by atoms with Crippen LogP contribution < -0.4 is 5.32 Å². The van der Waals surface area contributed by atoms with E-state index >= 15 is 0 Å². The first-order valence-corrected chi connectivity index (χ1v) is 8.19. The molecule has 0 radical (unpaired) electrons. The van der Waals surface area contributed by atoms with Crippen LogP contribution >= 0.6 is 0 Å². The third kappa shape index (κ3) is 3.27. The Morgan fingerprint density at radius 3 is 2.77 bits per heavy atom. The summed E-state index contributed by atoms with van der Waals surface area (Å²) in [6.07, 6.45) is 10.9. The van der Waals surface area contributed by atoms with E-state index in [0.29, 0.717) is 24.4 Å².